The third-order valence-corrected chi connectivity index (χ3v) is 2.58. The zero-order valence-corrected chi connectivity index (χ0v) is 7.75. The Bertz CT molecular complexity index is 405. The molecule has 0 saturated carbocycles. The van der Waals surface area contributed by atoms with Gasteiger partial charge in [0.15, 0.2) is 0 Å². The second-order valence-corrected chi connectivity index (χ2v) is 3.44. The number of nitrogens with one attached hydrogen (secondary N) is 1. The minimum atomic E-state index is -0.0730. The summed E-state index contributed by atoms with van der Waals surface area (Å²) >= 11 is 0. The Hall–Kier alpha value is -1.42. The lowest BCUT2D eigenvalue weighted by Crippen LogP contribution is -2.43. The number of rotatable bonds is 0. The molecule has 70 valence electrons. The summed E-state index contributed by atoms with van der Waals surface area (Å²) in [5, 5.41) is 3.26. The summed E-state index contributed by atoms with van der Waals surface area (Å²) in [6.07, 6.45) is 0. The van der Waals surface area contributed by atoms with Gasteiger partial charge in [0.1, 0.15) is 5.75 Å². The third kappa shape index (κ3) is 0.975. The van der Waals surface area contributed by atoms with Crippen molar-refractivity contribution in [2.24, 2.45) is 0 Å². The van der Waals surface area contributed by atoms with Gasteiger partial charge in [-0.05, 0) is 6.07 Å². The van der Waals surface area contributed by atoms with E-state index in [1.54, 1.807) is 0 Å². The van der Waals surface area contributed by atoms with Crippen molar-refractivity contribution in [3.63, 3.8) is 0 Å². The number of benzene rings is 1. The molecule has 0 unspecified atom stereocenters. The highest BCUT2D eigenvalue weighted by Gasteiger charge is 2.36. The first-order valence-corrected chi connectivity index (χ1v) is 4.71. The molecule has 1 aromatic carbocycles. The van der Waals surface area contributed by atoms with E-state index in [1.165, 1.54) is 0 Å². The van der Waals surface area contributed by atoms with Crippen LogP contribution in [-0.4, -0.2) is 20.2 Å². The zero-order chi connectivity index (χ0) is 9.54. The second-order valence-electron chi connectivity index (χ2n) is 3.44. The van der Waals surface area contributed by atoms with Crippen LogP contribution in [0.4, 0.5) is 0 Å². The van der Waals surface area contributed by atoms with Crippen LogP contribution >= 0.6 is 0 Å². The van der Waals surface area contributed by atoms with Crippen LogP contribution in [0, 0.1) is 0 Å². The smallest absolute Gasteiger partial charge is 0.487 e. The van der Waals surface area contributed by atoms with Gasteiger partial charge in [-0.25, -0.2) is 0 Å². The molecular formula is C10H10BNO2. The fourth-order valence-corrected chi connectivity index (χ4v) is 1.94. The van der Waals surface area contributed by atoms with Gasteiger partial charge in [-0.3, -0.25) is 0 Å². The van der Waals surface area contributed by atoms with Gasteiger partial charge in [-0.2, -0.15) is 0 Å². The van der Waals surface area contributed by atoms with Gasteiger partial charge in [0.05, 0.1) is 12.4 Å². The monoisotopic (exact) mass is 187 g/mol. The predicted octanol–water partition coefficient (Wildman–Crippen LogP) is 0.365. The number of hydrogen-bond acceptors (Lipinski definition) is 3. The molecule has 1 aromatic rings. The molecule has 0 aliphatic carbocycles. The molecule has 4 heteroatoms. The topological polar surface area (TPSA) is 30.5 Å². The standard InChI is InChI=1S/C10H10BNO2/c1-7-8-3-2-4-9-10(8)11(14-7)12-5-6-13-9/h2-4,12H,1,5-6H2. The first-order chi connectivity index (χ1) is 6.86. The molecular weight excluding hydrogens is 177 g/mol. The van der Waals surface area contributed by atoms with Crippen LogP contribution < -0.4 is 15.4 Å². The van der Waals surface area contributed by atoms with E-state index in [0.717, 1.165) is 29.1 Å². The van der Waals surface area contributed by atoms with E-state index < -0.39 is 0 Å². The van der Waals surface area contributed by atoms with Crippen molar-refractivity contribution in [3.05, 3.63) is 30.3 Å². The average Bonchev–Trinajstić information content (AvgIpc) is 2.41. The van der Waals surface area contributed by atoms with E-state index in [9.17, 15) is 0 Å². The van der Waals surface area contributed by atoms with Crippen LogP contribution in [0.2, 0.25) is 0 Å². The van der Waals surface area contributed by atoms with Crippen LogP contribution in [0.25, 0.3) is 5.76 Å². The van der Waals surface area contributed by atoms with Crippen molar-refractivity contribution in [2.75, 3.05) is 13.2 Å². The zero-order valence-electron chi connectivity index (χ0n) is 7.75. The van der Waals surface area contributed by atoms with Crippen LogP contribution in [0.1, 0.15) is 5.56 Å². The molecule has 0 saturated heterocycles. The van der Waals surface area contributed by atoms with E-state index in [0.29, 0.717) is 6.61 Å². The highest BCUT2D eigenvalue weighted by molar-refractivity contribution is 6.69. The van der Waals surface area contributed by atoms with Crippen molar-refractivity contribution in [1.29, 1.82) is 0 Å². The van der Waals surface area contributed by atoms with E-state index in [1.807, 2.05) is 18.2 Å². The van der Waals surface area contributed by atoms with Crippen LogP contribution in [0.5, 0.6) is 5.75 Å². The van der Waals surface area contributed by atoms with Crippen LogP contribution in [0.3, 0.4) is 0 Å². The Morgan fingerprint density at radius 3 is 3.29 bits per heavy atom. The molecule has 0 fully saturated rings. The Kier molecular flexibility index (Phi) is 1.58. The lowest BCUT2D eigenvalue weighted by atomic mass is 9.73. The molecule has 2 aliphatic heterocycles. The summed E-state index contributed by atoms with van der Waals surface area (Å²) in [5.74, 6) is 1.64. The minimum Gasteiger partial charge on any atom is -0.542 e. The summed E-state index contributed by atoms with van der Waals surface area (Å²) in [7, 11) is -0.0730. The highest BCUT2D eigenvalue weighted by Crippen LogP contribution is 2.25. The van der Waals surface area contributed by atoms with Crippen LogP contribution in [-0.2, 0) is 4.65 Å². The second kappa shape index (κ2) is 2.79. The molecule has 1 N–H and O–H groups in total. The van der Waals surface area contributed by atoms with Gasteiger partial charge in [0.25, 0.3) is 0 Å². The van der Waals surface area contributed by atoms with E-state index >= 15 is 0 Å². The fraction of sp³-hybridized carbons (Fsp3) is 0.200. The van der Waals surface area contributed by atoms with Crippen molar-refractivity contribution in [2.45, 2.75) is 0 Å². The van der Waals surface area contributed by atoms with Gasteiger partial charge in [-0.1, -0.05) is 18.7 Å². The molecule has 0 bridgehead atoms. The maximum absolute atomic E-state index is 5.61. The summed E-state index contributed by atoms with van der Waals surface area (Å²) in [6.45, 7) is 5.36. The van der Waals surface area contributed by atoms with E-state index in [-0.39, 0.29) is 7.05 Å². The normalized spacial score (nSPS) is 18.3. The van der Waals surface area contributed by atoms with Gasteiger partial charge >= 0.3 is 7.05 Å². The van der Waals surface area contributed by atoms with Crippen molar-refractivity contribution >= 4 is 18.3 Å². The molecule has 3 nitrogen and oxygen atoms in total. The molecule has 0 amide bonds. The quantitative estimate of drug-likeness (QED) is 0.595. The SMILES string of the molecule is C=C1OB2NCCOc3cccc1c32. The van der Waals surface area contributed by atoms with Gasteiger partial charge < -0.3 is 14.6 Å². The number of ether oxygens (including phenoxy) is 1. The molecule has 3 rings (SSSR count). The maximum atomic E-state index is 5.61. The highest BCUT2D eigenvalue weighted by atomic mass is 16.5. The van der Waals surface area contributed by atoms with E-state index in [2.05, 4.69) is 11.8 Å². The van der Waals surface area contributed by atoms with Gasteiger partial charge in [0.2, 0.25) is 0 Å². The molecule has 0 spiro atoms. The average molecular weight is 187 g/mol. The number of hydrogen-bond donors (Lipinski definition) is 1. The minimum absolute atomic E-state index is 0.0730. The maximum Gasteiger partial charge on any atom is 0.487 e. The van der Waals surface area contributed by atoms with Crippen molar-refractivity contribution < 1.29 is 9.39 Å². The van der Waals surface area contributed by atoms with Crippen LogP contribution in [0.15, 0.2) is 24.8 Å². The summed E-state index contributed by atoms with van der Waals surface area (Å²) in [6, 6.07) is 5.95. The fourth-order valence-electron chi connectivity index (χ4n) is 1.94. The Morgan fingerprint density at radius 1 is 1.43 bits per heavy atom. The summed E-state index contributed by atoms with van der Waals surface area (Å²) in [5.41, 5.74) is 2.15. The third-order valence-electron chi connectivity index (χ3n) is 2.58. The Balaban J connectivity index is 2.22. The molecule has 14 heavy (non-hydrogen) atoms. The first-order valence-electron chi connectivity index (χ1n) is 4.71. The van der Waals surface area contributed by atoms with Gasteiger partial charge in [0, 0.05) is 17.6 Å². The molecule has 2 aliphatic rings. The lowest BCUT2D eigenvalue weighted by molar-refractivity contribution is 0.328. The molecule has 2 heterocycles. The van der Waals surface area contributed by atoms with Gasteiger partial charge in [-0.15, -0.1) is 0 Å². The lowest BCUT2D eigenvalue weighted by Gasteiger charge is -2.05. The predicted molar refractivity (Wildman–Crippen MR) is 55.4 cm³/mol. The van der Waals surface area contributed by atoms with Crippen molar-refractivity contribution in [3.8, 4) is 5.75 Å². The molecule has 0 atom stereocenters. The molecule has 0 aromatic heterocycles. The largest absolute Gasteiger partial charge is 0.542 e. The van der Waals surface area contributed by atoms with E-state index in [4.69, 9.17) is 9.39 Å². The first kappa shape index (κ1) is 7.94. The molecule has 0 radical (unpaired) electrons. The summed E-state index contributed by atoms with van der Waals surface area (Å²) < 4.78 is 11.2. The summed E-state index contributed by atoms with van der Waals surface area (Å²) in [4.78, 5) is 0. The Morgan fingerprint density at radius 2 is 2.36 bits per heavy atom. The van der Waals surface area contributed by atoms with Crippen molar-refractivity contribution in [1.82, 2.24) is 5.23 Å². The Labute approximate surface area is 82.8 Å².